The smallest absolute Gasteiger partial charge is 0.304 e. The number of carbonyl (C=O) groups excluding carboxylic acids is 1. The van der Waals surface area contributed by atoms with Crippen molar-refractivity contribution in [3.8, 4) is 12.1 Å². The number of hydrogen-bond donors (Lipinski definition) is 0. The minimum absolute atomic E-state index is 0.498. The van der Waals surface area contributed by atoms with Crippen LogP contribution in [0, 0.1) is 22.7 Å². The van der Waals surface area contributed by atoms with Gasteiger partial charge in [-0.25, -0.2) is 0 Å². The SMILES string of the molecule is CC(=O)OC(C#N)c1ccc(C#N)cc1. The first-order valence-corrected chi connectivity index (χ1v) is 4.24. The quantitative estimate of drug-likeness (QED) is 0.681. The fourth-order valence-electron chi connectivity index (χ4n) is 1.07. The number of carbonyl (C=O) groups is 1. The van der Waals surface area contributed by atoms with E-state index in [4.69, 9.17) is 15.3 Å². The van der Waals surface area contributed by atoms with Gasteiger partial charge in [-0.05, 0) is 12.1 Å². The van der Waals surface area contributed by atoms with Gasteiger partial charge in [-0.1, -0.05) is 12.1 Å². The van der Waals surface area contributed by atoms with Gasteiger partial charge < -0.3 is 4.74 Å². The fourth-order valence-corrected chi connectivity index (χ4v) is 1.07. The highest BCUT2D eigenvalue weighted by molar-refractivity contribution is 5.66. The molecule has 0 aliphatic heterocycles. The molecule has 0 saturated heterocycles. The van der Waals surface area contributed by atoms with E-state index in [1.54, 1.807) is 24.3 Å². The Kier molecular flexibility index (Phi) is 3.43. The molecule has 0 saturated carbocycles. The van der Waals surface area contributed by atoms with Crippen molar-refractivity contribution in [1.29, 1.82) is 10.5 Å². The molecule has 15 heavy (non-hydrogen) atoms. The van der Waals surface area contributed by atoms with E-state index in [0.717, 1.165) is 0 Å². The molecular formula is C11H8N2O2. The maximum Gasteiger partial charge on any atom is 0.304 e. The van der Waals surface area contributed by atoms with Gasteiger partial charge in [0.2, 0.25) is 6.10 Å². The van der Waals surface area contributed by atoms with Crippen LogP contribution in [0.15, 0.2) is 24.3 Å². The van der Waals surface area contributed by atoms with E-state index in [1.807, 2.05) is 12.1 Å². The molecule has 0 radical (unpaired) electrons. The lowest BCUT2D eigenvalue weighted by Gasteiger charge is -2.08. The minimum atomic E-state index is -0.907. The molecule has 0 aliphatic carbocycles. The van der Waals surface area contributed by atoms with Gasteiger partial charge in [-0.15, -0.1) is 0 Å². The van der Waals surface area contributed by atoms with Crippen molar-refractivity contribution < 1.29 is 9.53 Å². The lowest BCUT2D eigenvalue weighted by molar-refractivity contribution is -0.144. The Balaban J connectivity index is 2.90. The molecular weight excluding hydrogens is 192 g/mol. The van der Waals surface area contributed by atoms with Crippen molar-refractivity contribution in [2.75, 3.05) is 0 Å². The summed E-state index contributed by atoms with van der Waals surface area (Å²) in [7, 11) is 0. The summed E-state index contributed by atoms with van der Waals surface area (Å²) in [5, 5.41) is 17.3. The summed E-state index contributed by atoms with van der Waals surface area (Å²) in [5.41, 5.74) is 1.06. The molecule has 4 nitrogen and oxygen atoms in total. The largest absolute Gasteiger partial charge is 0.442 e. The number of benzene rings is 1. The van der Waals surface area contributed by atoms with Crippen LogP contribution < -0.4 is 0 Å². The van der Waals surface area contributed by atoms with Gasteiger partial charge in [0.15, 0.2) is 0 Å². The normalized spacial score (nSPS) is 10.9. The predicted octanol–water partition coefficient (Wildman–Crippen LogP) is 1.69. The molecule has 1 aromatic carbocycles. The van der Waals surface area contributed by atoms with Crippen LogP contribution in [0.2, 0.25) is 0 Å². The predicted molar refractivity (Wildman–Crippen MR) is 51.3 cm³/mol. The molecule has 0 fully saturated rings. The van der Waals surface area contributed by atoms with Crippen molar-refractivity contribution in [2.45, 2.75) is 13.0 Å². The van der Waals surface area contributed by atoms with Gasteiger partial charge >= 0.3 is 5.97 Å². The van der Waals surface area contributed by atoms with Crippen molar-refractivity contribution in [3.05, 3.63) is 35.4 Å². The van der Waals surface area contributed by atoms with Crippen LogP contribution in [0.4, 0.5) is 0 Å². The Bertz CT molecular complexity index is 437. The highest BCUT2D eigenvalue weighted by atomic mass is 16.5. The van der Waals surface area contributed by atoms with E-state index in [9.17, 15) is 4.79 Å². The molecule has 0 aliphatic rings. The Morgan fingerprint density at radius 3 is 2.33 bits per heavy atom. The topological polar surface area (TPSA) is 73.9 Å². The number of rotatable bonds is 2. The molecule has 0 spiro atoms. The molecule has 1 unspecified atom stereocenters. The lowest BCUT2D eigenvalue weighted by atomic mass is 10.1. The first-order valence-electron chi connectivity index (χ1n) is 4.24. The van der Waals surface area contributed by atoms with Crippen LogP contribution in [0.1, 0.15) is 24.2 Å². The number of esters is 1. The zero-order valence-corrected chi connectivity index (χ0v) is 8.10. The summed E-state index contributed by atoms with van der Waals surface area (Å²) >= 11 is 0. The number of hydrogen-bond acceptors (Lipinski definition) is 4. The van der Waals surface area contributed by atoms with E-state index in [1.165, 1.54) is 6.92 Å². The van der Waals surface area contributed by atoms with E-state index in [0.29, 0.717) is 11.1 Å². The van der Waals surface area contributed by atoms with Crippen molar-refractivity contribution in [1.82, 2.24) is 0 Å². The maximum atomic E-state index is 10.7. The summed E-state index contributed by atoms with van der Waals surface area (Å²) < 4.78 is 4.78. The summed E-state index contributed by atoms with van der Waals surface area (Å²) in [6.45, 7) is 1.24. The molecule has 0 aromatic heterocycles. The summed E-state index contributed by atoms with van der Waals surface area (Å²) in [4.78, 5) is 10.7. The van der Waals surface area contributed by atoms with E-state index in [-0.39, 0.29) is 0 Å². The molecule has 0 bridgehead atoms. The Morgan fingerprint density at radius 1 is 1.33 bits per heavy atom. The third kappa shape index (κ3) is 2.82. The van der Waals surface area contributed by atoms with Crippen molar-refractivity contribution in [3.63, 3.8) is 0 Å². The Labute approximate surface area is 87.3 Å². The van der Waals surface area contributed by atoms with Gasteiger partial charge in [0.25, 0.3) is 0 Å². The van der Waals surface area contributed by atoms with Gasteiger partial charge in [-0.2, -0.15) is 10.5 Å². The van der Waals surface area contributed by atoms with Gasteiger partial charge in [0, 0.05) is 12.5 Å². The maximum absolute atomic E-state index is 10.7. The van der Waals surface area contributed by atoms with E-state index >= 15 is 0 Å². The molecule has 1 aromatic rings. The highest BCUT2D eigenvalue weighted by Crippen LogP contribution is 2.17. The highest BCUT2D eigenvalue weighted by Gasteiger charge is 2.12. The average Bonchev–Trinajstić information content (AvgIpc) is 2.26. The van der Waals surface area contributed by atoms with Crippen LogP contribution in [0.25, 0.3) is 0 Å². The third-order valence-electron chi connectivity index (χ3n) is 1.74. The molecule has 1 rings (SSSR count). The monoisotopic (exact) mass is 200 g/mol. The molecule has 0 heterocycles. The lowest BCUT2D eigenvalue weighted by Crippen LogP contribution is -2.06. The molecule has 74 valence electrons. The second kappa shape index (κ2) is 4.78. The van der Waals surface area contributed by atoms with Crippen LogP contribution in [0.5, 0.6) is 0 Å². The van der Waals surface area contributed by atoms with Crippen LogP contribution >= 0.6 is 0 Å². The van der Waals surface area contributed by atoms with Crippen molar-refractivity contribution >= 4 is 5.97 Å². The third-order valence-corrected chi connectivity index (χ3v) is 1.74. The average molecular weight is 200 g/mol. The second-order valence-electron chi connectivity index (χ2n) is 2.85. The Morgan fingerprint density at radius 2 is 1.93 bits per heavy atom. The summed E-state index contributed by atoms with van der Waals surface area (Å²) in [6, 6.07) is 10.2. The van der Waals surface area contributed by atoms with Crippen LogP contribution in [-0.4, -0.2) is 5.97 Å². The van der Waals surface area contributed by atoms with Gasteiger partial charge in [-0.3, -0.25) is 4.79 Å². The fraction of sp³-hybridized carbons (Fsp3) is 0.182. The number of nitriles is 2. The van der Waals surface area contributed by atoms with E-state index in [2.05, 4.69) is 0 Å². The van der Waals surface area contributed by atoms with Crippen LogP contribution in [-0.2, 0) is 9.53 Å². The molecule has 4 heteroatoms. The standard InChI is InChI=1S/C11H8N2O2/c1-8(14)15-11(7-13)10-4-2-9(6-12)3-5-10/h2-5,11H,1H3. The molecule has 0 N–H and O–H groups in total. The summed E-state index contributed by atoms with van der Waals surface area (Å²) in [6.07, 6.45) is -0.907. The Hall–Kier alpha value is -2.33. The minimum Gasteiger partial charge on any atom is -0.442 e. The zero-order valence-electron chi connectivity index (χ0n) is 8.10. The zero-order chi connectivity index (χ0) is 11.3. The van der Waals surface area contributed by atoms with Gasteiger partial charge in [0.1, 0.15) is 6.07 Å². The first-order chi connectivity index (χ1) is 7.17. The van der Waals surface area contributed by atoms with Crippen LogP contribution in [0.3, 0.4) is 0 Å². The number of nitrogens with zero attached hydrogens (tertiary/aromatic N) is 2. The molecule has 0 amide bonds. The van der Waals surface area contributed by atoms with Crippen molar-refractivity contribution in [2.24, 2.45) is 0 Å². The summed E-state index contributed by atoms with van der Waals surface area (Å²) in [5.74, 6) is -0.508. The second-order valence-corrected chi connectivity index (χ2v) is 2.85. The number of ether oxygens (including phenoxy) is 1. The van der Waals surface area contributed by atoms with E-state index < -0.39 is 12.1 Å². The first kappa shape index (κ1) is 10.7. The molecule has 1 atom stereocenters. The van der Waals surface area contributed by atoms with Gasteiger partial charge in [0.05, 0.1) is 11.6 Å².